The van der Waals surface area contributed by atoms with Crippen LogP contribution in [0.4, 0.5) is 0 Å². The molecule has 0 fully saturated rings. The van der Waals surface area contributed by atoms with Gasteiger partial charge in [-0.3, -0.25) is 14.8 Å². The molecule has 0 atom stereocenters. The third-order valence-corrected chi connectivity index (χ3v) is 1.81. The summed E-state index contributed by atoms with van der Waals surface area (Å²) in [7, 11) is 0. The second-order valence-corrected chi connectivity index (χ2v) is 2.62. The van der Waals surface area contributed by atoms with E-state index < -0.39 is 5.91 Å². The summed E-state index contributed by atoms with van der Waals surface area (Å²) in [5.41, 5.74) is 6.35. The third-order valence-electron chi connectivity index (χ3n) is 1.81. The van der Waals surface area contributed by atoms with Crippen molar-refractivity contribution in [2.24, 2.45) is 5.73 Å². The zero-order valence-electron chi connectivity index (χ0n) is 6.77. The second kappa shape index (κ2) is 2.82. The molecule has 0 aliphatic rings. The van der Waals surface area contributed by atoms with Crippen LogP contribution in [0.3, 0.4) is 0 Å². The van der Waals surface area contributed by atoms with Gasteiger partial charge in [0.25, 0.3) is 0 Å². The number of carbonyl (C=O) groups is 1. The molecule has 2 heterocycles. The van der Waals surface area contributed by atoms with E-state index in [-0.39, 0.29) is 0 Å². The maximum atomic E-state index is 11.0. The van der Waals surface area contributed by atoms with Crippen molar-refractivity contribution in [2.45, 2.75) is 0 Å². The van der Waals surface area contributed by atoms with Crippen LogP contribution in [0, 0.1) is 0 Å². The van der Waals surface area contributed by atoms with E-state index in [0.29, 0.717) is 11.1 Å². The summed E-state index contributed by atoms with van der Waals surface area (Å²) in [6, 6.07) is 3.33. The molecule has 2 aromatic rings. The molecule has 13 heavy (non-hydrogen) atoms. The Hall–Kier alpha value is -1.97. The molecule has 2 aromatic heterocycles. The van der Waals surface area contributed by atoms with Crippen LogP contribution < -0.4 is 5.73 Å². The lowest BCUT2D eigenvalue weighted by Crippen LogP contribution is -2.11. The number of pyridine rings is 2. The van der Waals surface area contributed by atoms with E-state index in [4.69, 9.17) is 5.73 Å². The summed E-state index contributed by atoms with van der Waals surface area (Å²) >= 11 is 0. The molecular weight excluding hydrogens is 166 g/mol. The zero-order chi connectivity index (χ0) is 9.26. The highest BCUT2D eigenvalue weighted by Gasteiger charge is 2.05. The maximum Gasteiger partial charge on any atom is 0.249 e. The van der Waals surface area contributed by atoms with Crippen LogP contribution in [0.1, 0.15) is 10.4 Å². The van der Waals surface area contributed by atoms with Gasteiger partial charge >= 0.3 is 0 Å². The Labute approximate surface area is 74.4 Å². The first-order valence-electron chi connectivity index (χ1n) is 3.77. The number of rotatable bonds is 1. The van der Waals surface area contributed by atoms with E-state index >= 15 is 0 Å². The van der Waals surface area contributed by atoms with Gasteiger partial charge in [-0.2, -0.15) is 0 Å². The van der Waals surface area contributed by atoms with Gasteiger partial charge in [0.2, 0.25) is 5.91 Å². The van der Waals surface area contributed by atoms with Gasteiger partial charge in [0.15, 0.2) is 0 Å². The fourth-order valence-corrected chi connectivity index (χ4v) is 1.21. The van der Waals surface area contributed by atoms with Crippen LogP contribution in [0.2, 0.25) is 0 Å². The molecule has 0 spiro atoms. The molecule has 0 unspecified atom stereocenters. The average Bonchev–Trinajstić information content (AvgIpc) is 2.17. The van der Waals surface area contributed by atoms with Gasteiger partial charge in [-0.05, 0) is 12.1 Å². The highest BCUT2D eigenvalue weighted by molar-refractivity contribution is 6.04. The van der Waals surface area contributed by atoms with Gasteiger partial charge in [-0.15, -0.1) is 0 Å². The van der Waals surface area contributed by atoms with Gasteiger partial charge in [0.1, 0.15) is 0 Å². The Bertz CT molecular complexity index is 462. The number of aromatic nitrogens is 2. The lowest BCUT2D eigenvalue weighted by Gasteiger charge is -1.99. The number of primary amides is 1. The highest BCUT2D eigenvalue weighted by atomic mass is 16.1. The lowest BCUT2D eigenvalue weighted by molar-refractivity contribution is 0.100. The molecule has 0 saturated carbocycles. The fourth-order valence-electron chi connectivity index (χ4n) is 1.21. The smallest absolute Gasteiger partial charge is 0.249 e. The van der Waals surface area contributed by atoms with Crippen molar-refractivity contribution in [2.75, 3.05) is 0 Å². The van der Waals surface area contributed by atoms with Gasteiger partial charge < -0.3 is 5.73 Å². The van der Waals surface area contributed by atoms with Crippen LogP contribution in [-0.4, -0.2) is 15.9 Å². The topological polar surface area (TPSA) is 68.9 Å². The van der Waals surface area contributed by atoms with Crippen molar-refractivity contribution in [1.82, 2.24) is 9.97 Å². The first-order valence-corrected chi connectivity index (χ1v) is 3.77. The van der Waals surface area contributed by atoms with Crippen LogP contribution in [0.25, 0.3) is 10.9 Å². The monoisotopic (exact) mass is 173 g/mol. The summed E-state index contributed by atoms with van der Waals surface area (Å²) in [4.78, 5) is 18.9. The molecule has 0 aromatic carbocycles. The minimum absolute atomic E-state index is 0.446. The molecular formula is C9H7N3O. The van der Waals surface area contributed by atoms with Crippen LogP contribution in [0.5, 0.6) is 0 Å². The number of amides is 1. The molecule has 0 saturated heterocycles. The predicted octanol–water partition coefficient (Wildman–Crippen LogP) is 0.729. The van der Waals surface area contributed by atoms with Gasteiger partial charge in [-0.1, -0.05) is 0 Å². The highest BCUT2D eigenvalue weighted by Crippen LogP contribution is 2.13. The Balaban J connectivity index is 2.83. The molecule has 1 amide bonds. The standard InChI is InChI=1S/C9H7N3O/c10-9(13)7-2-4-12-8-5-11-3-1-6(7)8/h1-5H,(H2,10,13). The number of nitrogens with zero attached hydrogens (tertiary/aromatic N) is 2. The van der Waals surface area contributed by atoms with Crippen LogP contribution in [-0.2, 0) is 0 Å². The van der Waals surface area contributed by atoms with Gasteiger partial charge in [0.05, 0.1) is 17.3 Å². The van der Waals surface area contributed by atoms with Gasteiger partial charge in [-0.25, -0.2) is 0 Å². The maximum absolute atomic E-state index is 11.0. The van der Waals surface area contributed by atoms with Crippen LogP contribution >= 0.6 is 0 Å². The second-order valence-electron chi connectivity index (χ2n) is 2.62. The Morgan fingerprint density at radius 1 is 1.31 bits per heavy atom. The van der Waals surface area contributed by atoms with Crippen molar-refractivity contribution in [1.29, 1.82) is 0 Å². The van der Waals surface area contributed by atoms with E-state index in [0.717, 1.165) is 5.39 Å². The third kappa shape index (κ3) is 1.22. The molecule has 0 aliphatic heterocycles. The SMILES string of the molecule is NC(=O)c1ccnc2cnccc12. The van der Waals surface area contributed by atoms with Gasteiger partial charge in [0, 0.05) is 17.8 Å². The number of hydrogen-bond donors (Lipinski definition) is 1. The molecule has 4 nitrogen and oxygen atoms in total. The predicted molar refractivity (Wildman–Crippen MR) is 48.1 cm³/mol. The van der Waals surface area contributed by atoms with E-state index in [1.165, 1.54) is 0 Å². The molecule has 4 heteroatoms. The zero-order valence-corrected chi connectivity index (χ0v) is 6.77. The minimum Gasteiger partial charge on any atom is -0.366 e. The van der Waals surface area contributed by atoms with Crippen molar-refractivity contribution in [3.05, 3.63) is 36.3 Å². The summed E-state index contributed by atoms with van der Waals surface area (Å²) in [5, 5.41) is 0.741. The van der Waals surface area contributed by atoms with Crippen molar-refractivity contribution >= 4 is 16.8 Å². The largest absolute Gasteiger partial charge is 0.366 e. The quantitative estimate of drug-likeness (QED) is 0.691. The fraction of sp³-hybridized carbons (Fsp3) is 0. The molecule has 2 N–H and O–H groups in total. The summed E-state index contributed by atoms with van der Waals surface area (Å²) in [5.74, 6) is -0.446. The Morgan fingerprint density at radius 2 is 2.15 bits per heavy atom. The first-order chi connectivity index (χ1) is 6.29. The van der Waals surface area contributed by atoms with Crippen molar-refractivity contribution in [3.8, 4) is 0 Å². The van der Waals surface area contributed by atoms with E-state index in [1.54, 1.807) is 30.7 Å². The lowest BCUT2D eigenvalue weighted by atomic mass is 10.1. The van der Waals surface area contributed by atoms with E-state index in [1.807, 2.05) is 0 Å². The molecule has 64 valence electrons. The first kappa shape index (κ1) is 7.67. The van der Waals surface area contributed by atoms with Crippen LogP contribution in [0.15, 0.2) is 30.7 Å². The molecule has 0 radical (unpaired) electrons. The molecule has 0 bridgehead atoms. The van der Waals surface area contributed by atoms with Crippen molar-refractivity contribution in [3.63, 3.8) is 0 Å². The average molecular weight is 173 g/mol. The number of nitrogens with two attached hydrogens (primary N) is 1. The molecule has 2 rings (SSSR count). The number of fused-ring (bicyclic) bond motifs is 1. The number of hydrogen-bond acceptors (Lipinski definition) is 3. The Morgan fingerprint density at radius 3 is 2.92 bits per heavy atom. The number of carbonyl (C=O) groups excluding carboxylic acids is 1. The normalized spacial score (nSPS) is 10.2. The summed E-state index contributed by atoms with van der Waals surface area (Å²) < 4.78 is 0. The Kier molecular flexibility index (Phi) is 1.66. The summed E-state index contributed by atoms with van der Waals surface area (Å²) in [6.45, 7) is 0. The van der Waals surface area contributed by atoms with Crippen molar-refractivity contribution < 1.29 is 4.79 Å². The summed E-state index contributed by atoms with van der Waals surface area (Å²) in [6.07, 6.45) is 4.75. The minimum atomic E-state index is -0.446. The van der Waals surface area contributed by atoms with E-state index in [9.17, 15) is 4.79 Å². The molecule has 0 aliphatic carbocycles. The van der Waals surface area contributed by atoms with E-state index in [2.05, 4.69) is 9.97 Å².